The van der Waals surface area contributed by atoms with E-state index >= 15 is 0 Å². The molecule has 1 aliphatic rings. The van der Waals surface area contributed by atoms with Crippen LogP contribution in [0.1, 0.15) is 31.4 Å². The molecule has 0 bridgehead atoms. The Morgan fingerprint density at radius 1 is 1.45 bits per heavy atom. The van der Waals surface area contributed by atoms with Crippen molar-refractivity contribution in [2.24, 2.45) is 5.73 Å². The Bertz CT molecular complexity index is 588. The lowest BCUT2D eigenvalue weighted by molar-refractivity contribution is 0.201. The van der Waals surface area contributed by atoms with E-state index in [1.54, 1.807) is 6.07 Å². The second kappa shape index (κ2) is 5.50. The molecule has 2 aromatic rings. The number of halogens is 1. The Morgan fingerprint density at radius 2 is 2.20 bits per heavy atom. The summed E-state index contributed by atoms with van der Waals surface area (Å²) in [5.74, 6) is 0.109. The van der Waals surface area contributed by atoms with Crippen LogP contribution in [0.25, 0.3) is 11.0 Å². The molecule has 1 saturated heterocycles. The summed E-state index contributed by atoms with van der Waals surface area (Å²) in [5.41, 5.74) is 7.35. The van der Waals surface area contributed by atoms with E-state index in [1.165, 1.54) is 12.1 Å². The topological polar surface area (TPSA) is 55.3 Å². The predicted molar refractivity (Wildman–Crippen MR) is 76.0 cm³/mol. The first-order valence-corrected chi connectivity index (χ1v) is 7.16. The molecule has 1 aromatic heterocycles. The number of aromatic nitrogens is 1. The minimum absolute atomic E-state index is 0.211. The van der Waals surface area contributed by atoms with Gasteiger partial charge in [-0.15, -0.1) is 0 Å². The van der Waals surface area contributed by atoms with Crippen molar-refractivity contribution in [1.82, 2.24) is 10.1 Å². The molecule has 0 aliphatic carbocycles. The van der Waals surface area contributed by atoms with Gasteiger partial charge in [-0.1, -0.05) is 5.16 Å². The normalized spacial score (nSPS) is 19.6. The number of hydrogen-bond donors (Lipinski definition) is 1. The predicted octanol–water partition coefficient (Wildman–Crippen LogP) is 2.49. The maximum absolute atomic E-state index is 13.2. The van der Waals surface area contributed by atoms with Crippen molar-refractivity contribution >= 4 is 11.0 Å². The molecule has 5 heteroatoms. The van der Waals surface area contributed by atoms with Crippen molar-refractivity contribution in [3.05, 3.63) is 29.7 Å². The van der Waals surface area contributed by atoms with E-state index in [0.717, 1.165) is 43.6 Å². The molecular formula is C15H20FN3O. The van der Waals surface area contributed by atoms with E-state index in [0.29, 0.717) is 11.5 Å². The van der Waals surface area contributed by atoms with Crippen LogP contribution in [0.4, 0.5) is 4.39 Å². The zero-order valence-corrected chi connectivity index (χ0v) is 11.7. The Hall–Kier alpha value is -1.46. The number of rotatable bonds is 3. The summed E-state index contributed by atoms with van der Waals surface area (Å²) >= 11 is 0. The Morgan fingerprint density at radius 3 is 2.90 bits per heavy atom. The maximum atomic E-state index is 13.2. The van der Waals surface area contributed by atoms with Crippen LogP contribution < -0.4 is 5.73 Å². The standard InChI is InChI=1S/C15H20FN3O/c1-10(17)9-19-6-4-11(5-7-19)15-13-3-2-12(16)8-14(13)20-18-15/h2-3,8,10-11H,4-7,9,17H2,1H3. The number of likely N-dealkylation sites (tertiary alicyclic amines) is 1. The molecule has 108 valence electrons. The Labute approximate surface area is 117 Å². The molecular weight excluding hydrogens is 257 g/mol. The summed E-state index contributed by atoms with van der Waals surface area (Å²) < 4.78 is 18.4. The first-order chi connectivity index (χ1) is 9.63. The van der Waals surface area contributed by atoms with Crippen molar-refractivity contribution in [2.45, 2.75) is 31.7 Å². The van der Waals surface area contributed by atoms with Crippen molar-refractivity contribution in [3.8, 4) is 0 Å². The van der Waals surface area contributed by atoms with Crippen molar-refractivity contribution in [1.29, 1.82) is 0 Å². The number of nitrogens with zero attached hydrogens (tertiary/aromatic N) is 2. The van der Waals surface area contributed by atoms with Gasteiger partial charge >= 0.3 is 0 Å². The average molecular weight is 277 g/mol. The highest BCUT2D eigenvalue weighted by atomic mass is 19.1. The molecule has 2 N–H and O–H groups in total. The molecule has 1 atom stereocenters. The third kappa shape index (κ3) is 2.69. The zero-order chi connectivity index (χ0) is 14.1. The minimum atomic E-state index is -0.285. The second-order valence-corrected chi connectivity index (χ2v) is 5.76. The Balaban J connectivity index is 1.73. The smallest absolute Gasteiger partial charge is 0.170 e. The minimum Gasteiger partial charge on any atom is -0.356 e. The second-order valence-electron chi connectivity index (χ2n) is 5.76. The van der Waals surface area contributed by atoms with E-state index in [-0.39, 0.29) is 11.9 Å². The highest BCUT2D eigenvalue weighted by molar-refractivity contribution is 5.79. The van der Waals surface area contributed by atoms with Crippen LogP contribution in [-0.2, 0) is 0 Å². The first kappa shape index (κ1) is 13.5. The highest BCUT2D eigenvalue weighted by Gasteiger charge is 2.25. The van der Waals surface area contributed by atoms with Crippen molar-refractivity contribution in [2.75, 3.05) is 19.6 Å². The van der Waals surface area contributed by atoms with Crippen molar-refractivity contribution < 1.29 is 8.91 Å². The summed E-state index contributed by atoms with van der Waals surface area (Å²) in [6.45, 7) is 5.03. The number of hydrogen-bond acceptors (Lipinski definition) is 4. The van der Waals surface area contributed by atoms with Crippen LogP contribution in [0.15, 0.2) is 22.7 Å². The number of fused-ring (bicyclic) bond motifs is 1. The van der Waals surface area contributed by atoms with Crippen LogP contribution in [0, 0.1) is 5.82 Å². The molecule has 0 saturated carbocycles. The van der Waals surface area contributed by atoms with Crippen molar-refractivity contribution in [3.63, 3.8) is 0 Å². The molecule has 1 fully saturated rings. The fourth-order valence-electron chi connectivity index (χ4n) is 3.02. The molecule has 2 heterocycles. The quantitative estimate of drug-likeness (QED) is 0.936. The van der Waals surface area contributed by atoms with Crippen LogP contribution in [0.5, 0.6) is 0 Å². The summed E-state index contributed by atoms with van der Waals surface area (Å²) in [5, 5.41) is 5.10. The molecule has 1 unspecified atom stereocenters. The summed E-state index contributed by atoms with van der Waals surface area (Å²) in [6.07, 6.45) is 2.09. The van der Waals surface area contributed by atoms with Gasteiger partial charge in [0.05, 0.1) is 5.69 Å². The van der Waals surface area contributed by atoms with E-state index in [4.69, 9.17) is 10.3 Å². The molecule has 20 heavy (non-hydrogen) atoms. The Kier molecular flexibility index (Phi) is 3.72. The summed E-state index contributed by atoms with van der Waals surface area (Å²) in [4.78, 5) is 2.39. The molecule has 0 radical (unpaired) electrons. The molecule has 1 aliphatic heterocycles. The largest absolute Gasteiger partial charge is 0.356 e. The van der Waals surface area contributed by atoms with E-state index in [9.17, 15) is 4.39 Å². The van der Waals surface area contributed by atoms with E-state index < -0.39 is 0 Å². The fraction of sp³-hybridized carbons (Fsp3) is 0.533. The lowest BCUT2D eigenvalue weighted by atomic mass is 9.91. The van der Waals surface area contributed by atoms with Crippen LogP contribution in [0.3, 0.4) is 0 Å². The van der Waals surface area contributed by atoms with Gasteiger partial charge in [-0.05, 0) is 45.0 Å². The van der Waals surface area contributed by atoms with Gasteiger partial charge in [0, 0.05) is 30.0 Å². The third-order valence-corrected chi connectivity index (χ3v) is 3.98. The number of nitrogens with two attached hydrogens (primary N) is 1. The van der Waals surface area contributed by atoms with Gasteiger partial charge in [0.25, 0.3) is 0 Å². The fourth-order valence-corrected chi connectivity index (χ4v) is 3.02. The SMILES string of the molecule is CC(N)CN1CCC(c2noc3cc(F)ccc23)CC1. The first-order valence-electron chi connectivity index (χ1n) is 7.16. The molecule has 3 rings (SSSR count). The van der Waals surface area contributed by atoms with Crippen LogP contribution >= 0.6 is 0 Å². The van der Waals surface area contributed by atoms with Gasteiger partial charge in [0.15, 0.2) is 5.58 Å². The highest BCUT2D eigenvalue weighted by Crippen LogP contribution is 2.32. The zero-order valence-electron chi connectivity index (χ0n) is 11.7. The summed E-state index contributed by atoms with van der Waals surface area (Å²) in [7, 11) is 0. The average Bonchev–Trinajstić information content (AvgIpc) is 2.82. The van der Waals surface area contributed by atoms with Gasteiger partial charge in [0.1, 0.15) is 5.82 Å². The third-order valence-electron chi connectivity index (χ3n) is 3.98. The lowest BCUT2D eigenvalue weighted by Gasteiger charge is -2.32. The maximum Gasteiger partial charge on any atom is 0.170 e. The number of piperidine rings is 1. The number of benzene rings is 1. The van der Waals surface area contributed by atoms with Gasteiger partial charge in [0.2, 0.25) is 0 Å². The van der Waals surface area contributed by atoms with E-state index in [1.807, 2.05) is 6.92 Å². The van der Waals surface area contributed by atoms with Crippen LogP contribution in [-0.4, -0.2) is 35.7 Å². The molecule has 4 nitrogen and oxygen atoms in total. The van der Waals surface area contributed by atoms with Gasteiger partial charge < -0.3 is 15.2 Å². The molecule has 0 amide bonds. The lowest BCUT2D eigenvalue weighted by Crippen LogP contribution is -2.40. The van der Waals surface area contributed by atoms with Gasteiger partial charge in [-0.3, -0.25) is 0 Å². The summed E-state index contributed by atoms with van der Waals surface area (Å²) in [6, 6.07) is 4.85. The van der Waals surface area contributed by atoms with Crippen LogP contribution in [0.2, 0.25) is 0 Å². The van der Waals surface area contributed by atoms with Gasteiger partial charge in [-0.2, -0.15) is 0 Å². The van der Waals surface area contributed by atoms with E-state index in [2.05, 4.69) is 10.1 Å². The monoisotopic (exact) mass is 277 g/mol. The van der Waals surface area contributed by atoms with Gasteiger partial charge in [-0.25, -0.2) is 4.39 Å². The molecule has 1 aromatic carbocycles. The molecule has 0 spiro atoms.